The van der Waals surface area contributed by atoms with E-state index in [2.05, 4.69) is 34.5 Å². The first-order valence-corrected chi connectivity index (χ1v) is 8.78. The third kappa shape index (κ3) is 4.18. The van der Waals surface area contributed by atoms with Crippen LogP contribution in [0.1, 0.15) is 23.4 Å². The van der Waals surface area contributed by atoms with Crippen molar-refractivity contribution in [1.82, 2.24) is 15.1 Å². The number of likely N-dealkylation sites (N-methyl/N-ethyl adjacent to an activating group) is 1. The van der Waals surface area contributed by atoms with E-state index in [1.54, 1.807) is 11.3 Å². The third-order valence-corrected chi connectivity index (χ3v) is 5.16. The molecule has 3 rings (SSSR count). The van der Waals surface area contributed by atoms with Gasteiger partial charge in [-0.05, 0) is 50.6 Å². The van der Waals surface area contributed by atoms with E-state index in [0.717, 1.165) is 34.0 Å². The van der Waals surface area contributed by atoms with Crippen LogP contribution in [0.15, 0.2) is 24.3 Å². The van der Waals surface area contributed by atoms with Crippen LogP contribution in [0.25, 0.3) is 0 Å². The summed E-state index contributed by atoms with van der Waals surface area (Å²) in [5.41, 5.74) is 1.20. The van der Waals surface area contributed by atoms with Gasteiger partial charge in [0.25, 0.3) is 0 Å². The van der Waals surface area contributed by atoms with E-state index >= 15 is 0 Å². The monoisotopic (exact) mass is 336 g/mol. The number of rotatable bonds is 7. The first-order valence-electron chi connectivity index (χ1n) is 7.59. The predicted octanol–water partition coefficient (Wildman–Crippen LogP) is 3.53. The van der Waals surface area contributed by atoms with Crippen molar-refractivity contribution in [3.8, 4) is 0 Å². The summed E-state index contributed by atoms with van der Waals surface area (Å²) in [7, 11) is 4.30. The highest BCUT2D eigenvalue weighted by atomic mass is 35.5. The lowest BCUT2D eigenvalue weighted by Crippen LogP contribution is -2.36. The molecule has 1 saturated carbocycles. The molecule has 1 aliphatic rings. The number of aromatic nitrogens is 2. The molecule has 0 aliphatic heterocycles. The summed E-state index contributed by atoms with van der Waals surface area (Å²) in [6.07, 6.45) is 3.50. The van der Waals surface area contributed by atoms with Crippen molar-refractivity contribution in [2.45, 2.75) is 25.3 Å². The first-order chi connectivity index (χ1) is 10.6. The van der Waals surface area contributed by atoms with Crippen molar-refractivity contribution in [3.63, 3.8) is 0 Å². The zero-order valence-electron chi connectivity index (χ0n) is 12.9. The van der Waals surface area contributed by atoms with Gasteiger partial charge < -0.3 is 10.2 Å². The van der Waals surface area contributed by atoms with E-state index in [0.29, 0.717) is 6.04 Å². The Hall–Kier alpha value is -1.17. The fourth-order valence-electron chi connectivity index (χ4n) is 2.62. The minimum Gasteiger partial charge on any atom is -0.358 e. The number of hydrogen-bond acceptors (Lipinski definition) is 5. The maximum atomic E-state index is 5.91. The fraction of sp³-hybridized carbons (Fsp3) is 0.500. The van der Waals surface area contributed by atoms with Gasteiger partial charge in [0.05, 0.1) is 0 Å². The zero-order chi connectivity index (χ0) is 15.5. The smallest absolute Gasteiger partial charge is 0.205 e. The lowest BCUT2D eigenvalue weighted by molar-refractivity contribution is 0.276. The van der Waals surface area contributed by atoms with Gasteiger partial charge in [0, 0.05) is 24.0 Å². The number of halogens is 1. The van der Waals surface area contributed by atoms with Crippen LogP contribution >= 0.6 is 22.9 Å². The lowest BCUT2D eigenvalue weighted by Gasteiger charge is -2.24. The summed E-state index contributed by atoms with van der Waals surface area (Å²) in [5, 5.41) is 14.7. The van der Waals surface area contributed by atoms with E-state index in [-0.39, 0.29) is 0 Å². The predicted molar refractivity (Wildman–Crippen MR) is 92.9 cm³/mol. The van der Waals surface area contributed by atoms with Gasteiger partial charge in [0.2, 0.25) is 5.13 Å². The average molecular weight is 337 g/mol. The molecule has 1 heterocycles. The molecule has 1 aliphatic carbocycles. The lowest BCUT2D eigenvalue weighted by atomic mass is 10.1. The van der Waals surface area contributed by atoms with E-state index in [1.165, 1.54) is 18.4 Å². The summed E-state index contributed by atoms with van der Waals surface area (Å²) in [5.74, 6) is 0.837. The Balaban J connectivity index is 1.55. The standard InChI is InChI=1S/C16H21ClN4S/c1-21(2)14(12-5-6-12)10-18-16-20-19-15(22-16)9-11-3-7-13(17)8-4-11/h3-4,7-8,12,14H,5-6,9-10H2,1-2H3,(H,18,20). The second kappa shape index (κ2) is 6.94. The second-order valence-corrected chi connectivity index (χ2v) is 7.55. The molecule has 6 heteroatoms. The van der Waals surface area contributed by atoms with Crippen molar-refractivity contribution in [2.24, 2.45) is 5.92 Å². The highest BCUT2D eigenvalue weighted by Crippen LogP contribution is 2.34. The molecule has 1 N–H and O–H groups in total. The van der Waals surface area contributed by atoms with Gasteiger partial charge >= 0.3 is 0 Å². The van der Waals surface area contributed by atoms with Crippen molar-refractivity contribution in [2.75, 3.05) is 26.0 Å². The first kappa shape index (κ1) is 15.7. The molecule has 0 bridgehead atoms. The molecular weight excluding hydrogens is 316 g/mol. The Labute approximate surface area is 140 Å². The third-order valence-electron chi connectivity index (χ3n) is 4.03. The van der Waals surface area contributed by atoms with Crippen LogP contribution in [-0.4, -0.2) is 41.8 Å². The average Bonchev–Trinajstić information content (AvgIpc) is 3.22. The van der Waals surface area contributed by atoms with Gasteiger partial charge in [-0.3, -0.25) is 0 Å². The summed E-state index contributed by atoms with van der Waals surface area (Å²) < 4.78 is 0. The largest absolute Gasteiger partial charge is 0.358 e. The summed E-state index contributed by atoms with van der Waals surface area (Å²) >= 11 is 7.54. The highest BCUT2D eigenvalue weighted by Gasteiger charge is 2.32. The molecule has 4 nitrogen and oxygen atoms in total. The molecule has 1 aromatic heterocycles. The number of anilines is 1. The minimum atomic E-state index is 0.587. The Morgan fingerprint density at radius 1 is 1.27 bits per heavy atom. The molecule has 1 aromatic carbocycles. The van der Waals surface area contributed by atoms with Crippen LogP contribution in [0.5, 0.6) is 0 Å². The van der Waals surface area contributed by atoms with E-state index in [1.807, 2.05) is 24.3 Å². The highest BCUT2D eigenvalue weighted by molar-refractivity contribution is 7.15. The summed E-state index contributed by atoms with van der Waals surface area (Å²) in [6, 6.07) is 8.48. The molecule has 0 radical (unpaired) electrons. The molecule has 118 valence electrons. The molecule has 1 unspecified atom stereocenters. The number of hydrogen-bond donors (Lipinski definition) is 1. The second-order valence-electron chi connectivity index (χ2n) is 6.05. The van der Waals surface area contributed by atoms with E-state index in [9.17, 15) is 0 Å². The van der Waals surface area contributed by atoms with Crippen LogP contribution in [0, 0.1) is 5.92 Å². The van der Waals surface area contributed by atoms with Crippen LogP contribution in [0.3, 0.4) is 0 Å². The zero-order valence-corrected chi connectivity index (χ0v) is 14.5. The number of nitrogens with one attached hydrogen (secondary N) is 1. The van der Waals surface area contributed by atoms with Crippen molar-refractivity contribution < 1.29 is 0 Å². The molecule has 0 spiro atoms. The molecule has 1 fully saturated rings. The van der Waals surface area contributed by atoms with E-state index in [4.69, 9.17) is 11.6 Å². The van der Waals surface area contributed by atoms with Gasteiger partial charge in [-0.1, -0.05) is 35.1 Å². The van der Waals surface area contributed by atoms with Crippen LogP contribution in [0.2, 0.25) is 5.02 Å². The quantitative estimate of drug-likeness (QED) is 0.839. The molecule has 2 aromatic rings. The van der Waals surface area contributed by atoms with E-state index < -0.39 is 0 Å². The van der Waals surface area contributed by atoms with Crippen LogP contribution in [-0.2, 0) is 6.42 Å². The van der Waals surface area contributed by atoms with Gasteiger partial charge in [-0.25, -0.2) is 0 Å². The SMILES string of the molecule is CN(C)C(CNc1nnc(Cc2ccc(Cl)cc2)s1)C1CC1. The van der Waals surface area contributed by atoms with Crippen molar-refractivity contribution in [3.05, 3.63) is 39.9 Å². The van der Waals surface area contributed by atoms with Crippen LogP contribution in [0.4, 0.5) is 5.13 Å². The topological polar surface area (TPSA) is 41.0 Å². The maximum absolute atomic E-state index is 5.91. The summed E-state index contributed by atoms with van der Waals surface area (Å²) in [6.45, 7) is 0.938. The van der Waals surface area contributed by atoms with Gasteiger partial charge in [-0.2, -0.15) is 0 Å². The minimum absolute atomic E-state index is 0.587. The van der Waals surface area contributed by atoms with Gasteiger partial charge in [-0.15, -0.1) is 10.2 Å². The Morgan fingerprint density at radius 3 is 2.64 bits per heavy atom. The Morgan fingerprint density at radius 2 is 2.00 bits per heavy atom. The Kier molecular flexibility index (Phi) is 4.96. The molecule has 0 amide bonds. The molecular formula is C16H21ClN4S. The van der Waals surface area contributed by atoms with Crippen molar-refractivity contribution in [1.29, 1.82) is 0 Å². The van der Waals surface area contributed by atoms with Gasteiger partial charge in [0.15, 0.2) is 0 Å². The fourth-order valence-corrected chi connectivity index (χ4v) is 3.52. The Bertz CT molecular complexity index is 605. The molecule has 0 saturated heterocycles. The summed E-state index contributed by atoms with van der Waals surface area (Å²) in [4.78, 5) is 2.31. The molecule has 22 heavy (non-hydrogen) atoms. The van der Waals surface area contributed by atoms with Gasteiger partial charge in [0.1, 0.15) is 5.01 Å². The number of benzene rings is 1. The molecule has 1 atom stereocenters. The van der Waals surface area contributed by atoms with Crippen molar-refractivity contribution >= 4 is 28.1 Å². The number of nitrogens with zero attached hydrogens (tertiary/aromatic N) is 3. The van der Waals surface area contributed by atoms with Crippen LogP contribution < -0.4 is 5.32 Å². The normalized spacial score (nSPS) is 16.0. The maximum Gasteiger partial charge on any atom is 0.205 e.